The third kappa shape index (κ3) is 11.7. The molecule has 0 bridgehead atoms. The Morgan fingerprint density at radius 1 is 1.17 bits per heavy atom. The first-order valence-electron chi connectivity index (χ1n) is 17.1. The lowest BCUT2D eigenvalue weighted by atomic mass is 9.80. The van der Waals surface area contributed by atoms with Gasteiger partial charge in [0.1, 0.15) is 5.76 Å². The van der Waals surface area contributed by atoms with Crippen LogP contribution in [-0.4, -0.2) is 102 Å². The summed E-state index contributed by atoms with van der Waals surface area (Å²) in [6, 6.07) is 0.179. The molecule has 0 amide bonds. The summed E-state index contributed by atoms with van der Waals surface area (Å²) in [6.07, 6.45) is 1.28. The van der Waals surface area contributed by atoms with Gasteiger partial charge in [0.2, 0.25) is 5.79 Å². The Hall–Kier alpha value is -1.70. The fraction of sp³-hybridized carbons (Fsp3) is 0.912. The Bertz CT molecular complexity index is 1120. The van der Waals surface area contributed by atoms with Gasteiger partial charge in [-0.2, -0.15) is 0 Å². The van der Waals surface area contributed by atoms with Gasteiger partial charge in [-0.05, 0) is 83.8 Å². The zero-order valence-electron chi connectivity index (χ0n) is 31.9. The van der Waals surface area contributed by atoms with Gasteiger partial charge >= 0.3 is 5.97 Å². The largest absolute Gasteiger partial charge is 0.456 e. The van der Waals surface area contributed by atoms with Gasteiger partial charge in [0.05, 0.1) is 23.4 Å². The lowest BCUT2D eigenvalue weighted by molar-refractivity contribution is -0.268. The predicted molar refractivity (Wildman–Crippen MR) is 187 cm³/mol. The molecule has 13 heteroatoms. The summed E-state index contributed by atoms with van der Waals surface area (Å²) in [6.45, 7) is 26.0. The van der Waals surface area contributed by atoms with Crippen LogP contribution in [-0.2, 0) is 32.9 Å². The van der Waals surface area contributed by atoms with Gasteiger partial charge in [-0.1, -0.05) is 39.7 Å². The molecule has 47 heavy (non-hydrogen) atoms. The molecule has 0 saturated carbocycles. The molecule has 2 rings (SSSR count). The van der Waals surface area contributed by atoms with E-state index in [1.807, 2.05) is 6.92 Å². The van der Waals surface area contributed by atoms with E-state index in [4.69, 9.17) is 33.6 Å². The highest BCUT2D eigenvalue weighted by Crippen LogP contribution is 2.41. The summed E-state index contributed by atoms with van der Waals surface area (Å²) in [5, 5.41) is 7.53. The Balaban J connectivity index is 2.35. The van der Waals surface area contributed by atoms with Crippen LogP contribution in [0.2, 0.25) is 18.1 Å². The summed E-state index contributed by atoms with van der Waals surface area (Å²) in [7, 11) is 3.88. The van der Waals surface area contributed by atoms with Crippen LogP contribution in [0.15, 0.2) is 16.4 Å². The monoisotopic (exact) mass is 683 g/mol. The molecule has 12 nitrogen and oxygen atoms in total. The second-order valence-electron chi connectivity index (χ2n) is 16.1. The topological polar surface area (TPSA) is 136 Å². The van der Waals surface area contributed by atoms with E-state index in [-0.39, 0.29) is 29.0 Å². The SMILES string of the molecule is CO[C@](C)(C[C@@H](C)CN[C@H](CN=[N+]=[N-])CO[Si](C)(C)C(C)(C)C)[C@H](O[C@H]1C[C@H](N(C)C)C[C@@H](C)O1)[C@@H](C)C1=C(C)C(=O)OC(C)(C)O1. The molecule has 2 aliphatic rings. The molecule has 1 fully saturated rings. The normalized spacial score (nSPS) is 26.0. The van der Waals surface area contributed by atoms with Crippen molar-refractivity contribution in [3.63, 3.8) is 0 Å². The van der Waals surface area contributed by atoms with E-state index < -0.39 is 38.1 Å². The summed E-state index contributed by atoms with van der Waals surface area (Å²) in [4.78, 5) is 18.1. The lowest BCUT2D eigenvalue weighted by Gasteiger charge is -2.46. The number of rotatable bonds is 17. The maximum Gasteiger partial charge on any atom is 0.340 e. The Morgan fingerprint density at radius 3 is 2.36 bits per heavy atom. The molecule has 8 atom stereocenters. The van der Waals surface area contributed by atoms with E-state index >= 15 is 0 Å². The second-order valence-corrected chi connectivity index (χ2v) is 20.9. The number of ether oxygens (including phenoxy) is 5. The summed E-state index contributed by atoms with van der Waals surface area (Å²) < 4.78 is 37.9. The molecule has 2 heterocycles. The van der Waals surface area contributed by atoms with Crippen LogP contribution < -0.4 is 5.32 Å². The van der Waals surface area contributed by atoms with E-state index in [0.717, 1.165) is 6.42 Å². The number of nitrogens with one attached hydrogen (secondary N) is 1. The molecule has 0 aromatic heterocycles. The van der Waals surface area contributed by atoms with E-state index in [9.17, 15) is 4.79 Å². The third-order valence-corrected chi connectivity index (χ3v) is 14.6. The van der Waals surface area contributed by atoms with Crippen molar-refractivity contribution in [1.82, 2.24) is 10.2 Å². The minimum absolute atomic E-state index is 0.0244. The van der Waals surface area contributed by atoms with Crippen LogP contribution in [0.4, 0.5) is 0 Å². The van der Waals surface area contributed by atoms with Crippen LogP contribution >= 0.6 is 0 Å². The fourth-order valence-electron chi connectivity index (χ4n) is 6.15. The van der Waals surface area contributed by atoms with Crippen molar-refractivity contribution >= 4 is 14.3 Å². The molecule has 0 aromatic carbocycles. The van der Waals surface area contributed by atoms with Crippen molar-refractivity contribution in [3.8, 4) is 0 Å². The lowest BCUT2D eigenvalue weighted by Crippen LogP contribution is -2.54. The van der Waals surface area contributed by atoms with E-state index in [0.29, 0.717) is 49.9 Å². The Labute approximate surface area is 285 Å². The molecular weight excluding hydrogens is 618 g/mol. The van der Waals surface area contributed by atoms with Crippen LogP contribution in [0.3, 0.4) is 0 Å². The van der Waals surface area contributed by atoms with Gasteiger partial charge < -0.3 is 38.3 Å². The number of nitrogens with zero attached hydrogens (tertiary/aromatic N) is 4. The molecule has 1 saturated heterocycles. The minimum atomic E-state index is -1.99. The molecular formula is C34H65N5O7Si. The van der Waals surface area contributed by atoms with Crippen molar-refractivity contribution in [1.29, 1.82) is 0 Å². The fourth-order valence-corrected chi connectivity index (χ4v) is 7.20. The maximum atomic E-state index is 12.9. The van der Waals surface area contributed by atoms with Crippen molar-refractivity contribution in [2.75, 3.05) is 40.9 Å². The van der Waals surface area contributed by atoms with Crippen LogP contribution in [0.1, 0.15) is 88.5 Å². The highest BCUT2D eigenvalue weighted by atomic mass is 28.4. The molecule has 1 N–H and O–H groups in total. The molecule has 2 aliphatic heterocycles. The first kappa shape index (κ1) is 41.5. The molecule has 0 spiro atoms. The highest BCUT2D eigenvalue weighted by Gasteiger charge is 2.47. The van der Waals surface area contributed by atoms with Crippen LogP contribution in [0.25, 0.3) is 10.4 Å². The standard InChI is InChI=1S/C34H65N5O7Si/c1-22(19-36-26(20-37-38-35)21-42-47(14,15)32(5,6)7)18-34(10,41-13)30(44-28-17-27(39(11)12)16-23(2)43-28)24(3)29-25(4)31(40)46-33(8,9)45-29/h22-24,26-28,30,36H,16-21H2,1-15H3/t22-,23-,24+,26-,27-,28+,30-,34-/m1/s1. The number of methoxy groups -OCH3 is 1. The highest BCUT2D eigenvalue weighted by molar-refractivity contribution is 6.74. The van der Waals surface area contributed by atoms with Gasteiger partial charge in [-0.25, -0.2) is 4.79 Å². The van der Waals surface area contributed by atoms with Gasteiger partial charge in [0.15, 0.2) is 14.6 Å². The van der Waals surface area contributed by atoms with Crippen molar-refractivity contribution < 1.29 is 32.9 Å². The summed E-state index contributed by atoms with van der Waals surface area (Å²) >= 11 is 0. The van der Waals surface area contributed by atoms with Crippen molar-refractivity contribution in [2.45, 2.75) is 149 Å². The predicted octanol–water partition coefficient (Wildman–Crippen LogP) is 6.77. The van der Waals surface area contributed by atoms with Gasteiger partial charge in [-0.3, -0.25) is 0 Å². The average molecular weight is 684 g/mol. The average Bonchev–Trinajstić information content (AvgIpc) is 2.95. The number of azide groups is 1. The van der Waals surface area contributed by atoms with Gasteiger partial charge in [-0.15, -0.1) is 0 Å². The van der Waals surface area contributed by atoms with Crippen LogP contribution in [0, 0.1) is 11.8 Å². The number of hydrogen-bond acceptors (Lipinski definition) is 10. The summed E-state index contributed by atoms with van der Waals surface area (Å²) in [5.41, 5.74) is 8.66. The van der Waals surface area contributed by atoms with Crippen molar-refractivity contribution in [3.05, 3.63) is 21.8 Å². The zero-order valence-corrected chi connectivity index (χ0v) is 32.9. The molecule has 0 unspecified atom stereocenters. The quantitative estimate of drug-likeness (QED) is 0.0579. The van der Waals surface area contributed by atoms with Gasteiger partial charge in [0, 0.05) is 63.4 Å². The smallest absolute Gasteiger partial charge is 0.340 e. The Kier molecular flexibility index (Phi) is 14.8. The first-order chi connectivity index (χ1) is 21.6. The van der Waals surface area contributed by atoms with E-state index in [2.05, 4.69) is 89.0 Å². The third-order valence-electron chi connectivity index (χ3n) is 10.1. The van der Waals surface area contributed by atoms with Crippen LogP contribution in [0.5, 0.6) is 0 Å². The second kappa shape index (κ2) is 16.8. The summed E-state index contributed by atoms with van der Waals surface area (Å²) in [5.74, 6) is -1.20. The number of cyclic esters (lactones) is 1. The van der Waals surface area contributed by atoms with Crippen molar-refractivity contribution in [2.24, 2.45) is 17.0 Å². The number of esters is 1. The Morgan fingerprint density at radius 2 is 1.81 bits per heavy atom. The molecule has 272 valence electrons. The molecule has 0 aliphatic carbocycles. The van der Waals surface area contributed by atoms with Gasteiger partial charge in [0.25, 0.3) is 0 Å². The zero-order chi connectivity index (χ0) is 36.0. The first-order valence-corrected chi connectivity index (χ1v) is 20.0. The number of hydrogen-bond donors (Lipinski definition) is 1. The number of carbonyl (C=O) groups is 1. The van der Waals surface area contributed by atoms with E-state index in [1.54, 1.807) is 27.9 Å². The number of carbonyl (C=O) groups excluding carboxylic acids is 1. The minimum Gasteiger partial charge on any atom is -0.456 e. The van der Waals surface area contributed by atoms with E-state index in [1.165, 1.54) is 0 Å². The maximum absolute atomic E-state index is 12.9. The molecule has 0 aromatic rings. The molecule has 0 radical (unpaired) electrons.